The molecule has 2 aromatic heterocycles. The van der Waals surface area contributed by atoms with E-state index in [-0.39, 0.29) is 5.91 Å². The fraction of sp³-hybridized carbons (Fsp3) is 0.235. The molecule has 0 aliphatic carbocycles. The van der Waals surface area contributed by atoms with Gasteiger partial charge >= 0.3 is 0 Å². The number of hydrogen-bond acceptors (Lipinski definition) is 4. The molecule has 1 amide bonds. The Balaban J connectivity index is 1.51. The summed E-state index contributed by atoms with van der Waals surface area (Å²) in [4.78, 5) is 12.1. The van der Waals surface area contributed by atoms with E-state index in [1.807, 2.05) is 48.1 Å². The van der Waals surface area contributed by atoms with Crippen molar-refractivity contribution < 1.29 is 9.32 Å². The molecule has 0 fully saturated rings. The Morgan fingerprint density at radius 3 is 2.83 bits per heavy atom. The SMILES string of the molecule is Cn1nccc1CCCNC(=O)c1cc(-c2ccccc2)on1. The topological polar surface area (TPSA) is 73.0 Å². The largest absolute Gasteiger partial charge is 0.355 e. The summed E-state index contributed by atoms with van der Waals surface area (Å²) in [5.41, 5.74) is 2.34. The summed E-state index contributed by atoms with van der Waals surface area (Å²) >= 11 is 0. The number of amides is 1. The molecule has 6 heteroatoms. The number of hydrogen-bond donors (Lipinski definition) is 1. The smallest absolute Gasteiger partial charge is 0.273 e. The molecule has 0 aliphatic rings. The first kappa shape index (κ1) is 15.0. The standard InChI is InChI=1S/C17H18N4O2/c1-21-14(9-11-19-21)8-5-10-18-17(22)15-12-16(23-20-15)13-6-3-2-4-7-13/h2-4,6-7,9,11-12H,5,8,10H2,1H3,(H,18,22). The number of carbonyl (C=O) groups excluding carboxylic acids is 1. The average Bonchev–Trinajstić information content (AvgIpc) is 3.22. The van der Waals surface area contributed by atoms with Gasteiger partial charge < -0.3 is 9.84 Å². The summed E-state index contributed by atoms with van der Waals surface area (Å²) in [7, 11) is 1.91. The van der Waals surface area contributed by atoms with Crippen molar-refractivity contribution in [1.82, 2.24) is 20.3 Å². The molecule has 0 atom stereocenters. The van der Waals surface area contributed by atoms with Gasteiger partial charge in [-0.3, -0.25) is 9.48 Å². The minimum atomic E-state index is -0.221. The highest BCUT2D eigenvalue weighted by Crippen LogP contribution is 2.19. The van der Waals surface area contributed by atoms with Gasteiger partial charge in [0.1, 0.15) is 0 Å². The number of rotatable bonds is 6. The van der Waals surface area contributed by atoms with Gasteiger partial charge in [-0.2, -0.15) is 5.10 Å². The number of aryl methyl sites for hydroxylation is 2. The fourth-order valence-corrected chi connectivity index (χ4v) is 2.33. The molecule has 1 N–H and O–H groups in total. The van der Waals surface area contributed by atoms with Crippen molar-refractivity contribution in [2.24, 2.45) is 7.05 Å². The van der Waals surface area contributed by atoms with Gasteiger partial charge in [0.15, 0.2) is 11.5 Å². The maximum absolute atomic E-state index is 12.1. The number of carbonyl (C=O) groups is 1. The van der Waals surface area contributed by atoms with E-state index in [0.29, 0.717) is 18.0 Å². The van der Waals surface area contributed by atoms with Crippen LogP contribution in [-0.2, 0) is 13.5 Å². The lowest BCUT2D eigenvalue weighted by Gasteiger charge is -2.03. The molecule has 0 saturated carbocycles. The fourth-order valence-electron chi connectivity index (χ4n) is 2.33. The molecule has 3 aromatic rings. The summed E-state index contributed by atoms with van der Waals surface area (Å²) in [5, 5.41) is 10.8. The first-order chi connectivity index (χ1) is 11.2. The van der Waals surface area contributed by atoms with E-state index in [0.717, 1.165) is 24.1 Å². The maximum atomic E-state index is 12.1. The van der Waals surface area contributed by atoms with Crippen molar-refractivity contribution in [1.29, 1.82) is 0 Å². The highest BCUT2D eigenvalue weighted by Gasteiger charge is 2.13. The number of aromatic nitrogens is 3. The van der Waals surface area contributed by atoms with E-state index >= 15 is 0 Å². The molecule has 6 nitrogen and oxygen atoms in total. The van der Waals surface area contributed by atoms with Crippen LogP contribution in [0.25, 0.3) is 11.3 Å². The lowest BCUT2D eigenvalue weighted by Crippen LogP contribution is -2.25. The van der Waals surface area contributed by atoms with Crippen LogP contribution in [0.4, 0.5) is 0 Å². The third-order valence-corrected chi connectivity index (χ3v) is 3.62. The maximum Gasteiger partial charge on any atom is 0.273 e. The van der Waals surface area contributed by atoms with Crippen LogP contribution in [0.2, 0.25) is 0 Å². The van der Waals surface area contributed by atoms with Gasteiger partial charge in [-0.1, -0.05) is 35.5 Å². The molecular weight excluding hydrogens is 292 g/mol. The summed E-state index contributed by atoms with van der Waals surface area (Å²) in [6, 6.07) is 13.2. The van der Waals surface area contributed by atoms with Gasteiger partial charge in [0.25, 0.3) is 5.91 Å². The Morgan fingerprint density at radius 1 is 1.26 bits per heavy atom. The van der Waals surface area contributed by atoms with Gasteiger partial charge in [-0.15, -0.1) is 0 Å². The molecule has 0 aliphatic heterocycles. The zero-order valence-corrected chi connectivity index (χ0v) is 12.9. The van der Waals surface area contributed by atoms with Gasteiger partial charge in [0, 0.05) is 37.1 Å². The molecule has 0 radical (unpaired) electrons. The predicted molar refractivity (Wildman–Crippen MR) is 85.8 cm³/mol. The first-order valence-electron chi connectivity index (χ1n) is 7.51. The third kappa shape index (κ3) is 3.66. The van der Waals surface area contributed by atoms with Crippen molar-refractivity contribution in [3.05, 3.63) is 60.0 Å². The van der Waals surface area contributed by atoms with Crippen LogP contribution in [0.3, 0.4) is 0 Å². The molecule has 0 unspecified atom stereocenters. The molecule has 0 bridgehead atoms. The normalized spacial score (nSPS) is 10.7. The Morgan fingerprint density at radius 2 is 2.09 bits per heavy atom. The van der Waals surface area contributed by atoms with Gasteiger partial charge in [-0.25, -0.2) is 0 Å². The van der Waals surface area contributed by atoms with E-state index in [9.17, 15) is 4.79 Å². The molecule has 0 spiro atoms. The third-order valence-electron chi connectivity index (χ3n) is 3.62. The van der Waals surface area contributed by atoms with Crippen LogP contribution < -0.4 is 5.32 Å². The van der Waals surface area contributed by atoms with Gasteiger partial charge in [-0.05, 0) is 18.9 Å². The van der Waals surface area contributed by atoms with Crippen molar-refractivity contribution in [3.63, 3.8) is 0 Å². The monoisotopic (exact) mass is 310 g/mol. The number of benzene rings is 1. The van der Waals surface area contributed by atoms with E-state index < -0.39 is 0 Å². The lowest BCUT2D eigenvalue weighted by molar-refractivity contribution is 0.0944. The highest BCUT2D eigenvalue weighted by molar-refractivity contribution is 5.93. The van der Waals surface area contributed by atoms with Crippen LogP contribution >= 0.6 is 0 Å². The van der Waals surface area contributed by atoms with Crippen molar-refractivity contribution in [2.75, 3.05) is 6.54 Å². The summed E-state index contributed by atoms with van der Waals surface area (Å²) in [5.74, 6) is 0.367. The Labute approximate surface area is 134 Å². The summed E-state index contributed by atoms with van der Waals surface area (Å²) in [6.45, 7) is 0.581. The molecule has 23 heavy (non-hydrogen) atoms. The number of nitrogens with one attached hydrogen (secondary N) is 1. The zero-order valence-electron chi connectivity index (χ0n) is 12.9. The van der Waals surface area contributed by atoms with E-state index in [1.165, 1.54) is 0 Å². The van der Waals surface area contributed by atoms with Crippen LogP contribution in [0.15, 0.2) is 53.2 Å². The Hall–Kier alpha value is -2.89. The minimum Gasteiger partial charge on any atom is -0.355 e. The lowest BCUT2D eigenvalue weighted by atomic mass is 10.1. The molecular formula is C17H18N4O2. The average molecular weight is 310 g/mol. The van der Waals surface area contributed by atoms with Crippen LogP contribution in [0, 0.1) is 0 Å². The van der Waals surface area contributed by atoms with Crippen molar-refractivity contribution >= 4 is 5.91 Å². The minimum absolute atomic E-state index is 0.221. The second-order valence-corrected chi connectivity index (χ2v) is 5.25. The molecule has 2 heterocycles. The van der Waals surface area contributed by atoms with Crippen LogP contribution in [0.5, 0.6) is 0 Å². The van der Waals surface area contributed by atoms with E-state index in [2.05, 4.69) is 15.6 Å². The molecule has 0 saturated heterocycles. The Kier molecular flexibility index (Phi) is 4.52. The Bertz CT molecular complexity index is 777. The zero-order chi connectivity index (χ0) is 16.1. The van der Waals surface area contributed by atoms with Crippen LogP contribution in [0.1, 0.15) is 22.6 Å². The van der Waals surface area contributed by atoms with Crippen molar-refractivity contribution in [2.45, 2.75) is 12.8 Å². The predicted octanol–water partition coefficient (Wildman–Crippen LogP) is 2.44. The summed E-state index contributed by atoms with van der Waals surface area (Å²) < 4.78 is 7.07. The first-order valence-corrected chi connectivity index (χ1v) is 7.51. The van der Waals surface area contributed by atoms with Gasteiger partial charge in [0.2, 0.25) is 0 Å². The molecule has 118 valence electrons. The summed E-state index contributed by atoms with van der Waals surface area (Å²) in [6.07, 6.45) is 3.48. The quantitative estimate of drug-likeness (QED) is 0.710. The van der Waals surface area contributed by atoms with Gasteiger partial charge in [0.05, 0.1) is 0 Å². The molecule has 3 rings (SSSR count). The number of nitrogens with zero attached hydrogens (tertiary/aromatic N) is 3. The second kappa shape index (κ2) is 6.91. The van der Waals surface area contributed by atoms with E-state index in [1.54, 1.807) is 12.3 Å². The second-order valence-electron chi connectivity index (χ2n) is 5.25. The van der Waals surface area contributed by atoms with E-state index in [4.69, 9.17) is 4.52 Å². The molecule has 1 aromatic carbocycles. The van der Waals surface area contributed by atoms with Crippen molar-refractivity contribution in [3.8, 4) is 11.3 Å². The highest BCUT2D eigenvalue weighted by atomic mass is 16.5. The van der Waals surface area contributed by atoms with Crippen LogP contribution in [-0.4, -0.2) is 27.4 Å².